The molecular weight excluding hydrogens is 554 g/mol. The maximum Gasteiger partial charge on any atom is 0.323 e. The fraction of sp³-hybridized carbons (Fsp3) is 0.273. The van der Waals surface area contributed by atoms with Gasteiger partial charge >= 0.3 is 6.03 Å². The highest BCUT2D eigenvalue weighted by molar-refractivity contribution is 6.00. The van der Waals surface area contributed by atoms with Gasteiger partial charge in [-0.2, -0.15) is 0 Å². The van der Waals surface area contributed by atoms with Crippen LogP contribution in [0.15, 0.2) is 60.8 Å². The molecule has 1 fully saturated rings. The Labute approximate surface area is 256 Å². The topological polar surface area (TPSA) is 133 Å². The summed E-state index contributed by atoms with van der Waals surface area (Å²) >= 11 is 0. The van der Waals surface area contributed by atoms with E-state index in [0.29, 0.717) is 34.6 Å². The van der Waals surface area contributed by atoms with Gasteiger partial charge in [0.25, 0.3) is 5.91 Å². The number of piperazine rings is 1. The molecule has 0 bridgehead atoms. The third-order valence-corrected chi connectivity index (χ3v) is 7.98. The van der Waals surface area contributed by atoms with Gasteiger partial charge in [-0.15, -0.1) is 0 Å². The van der Waals surface area contributed by atoms with Gasteiger partial charge in [0.1, 0.15) is 5.69 Å². The van der Waals surface area contributed by atoms with E-state index in [9.17, 15) is 9.59 Å². The lowest BCUT2D eigenvalue weighted by Gasteiger charge is -2.32. The normalized spacial score (nSPS) is 15.1. The maximum absolute atomic E-state index is 12.7. The van der Waals surface area contributed by atoms with Crippen molar-refractivity contribution in [3.8, 4) is 23.2 Å². The molecule has 2 aromatic heterocycles. The van der Waals surface area contributed by atoms with Crippen molar-refractivity contribution < 1.29 is 9.59 Å². The summed E-state index contributed by atoms with van der Waals surface area (Å²) in [7, 11) is 4.06. The standard InChI is InChI=1S/C33H35N9O2/c1-40-14-16-42(17-15-40)21-23-7-10-25(11-8-23)37-33(44)38-26-5-3-4-22(18-26)6-9-24-20-36-32(34)39-30(24)29-19-27-28(41(29)2)12-13-35-31(27)43/h3-5,7-8,10-11,18-20H,12-17,21H2,1-2H3,(H,35,43)(H2,34,36,39)(H2,37,38,44). The van der Waals surface area contributed by atoms with Gasteiger partial charge in [-0.05, 0) is 49.0 Å². The zero-order chi connectivity index (χ0) is 30.6. The largest absolute Gasteiger partial charge is 0.368 e. The highest BCUT2D eigenvalue weighted by atomic mass is 16.2. The number of likely N-dealkylation sites (N-methyl/N-ethyl adjacent to an activating group) is 1. The van der Waals surface area contributed by atoms with Crippen LogP contribution < -0.4 is 21.7 Å². The molecule has 2 aliphatic heterocycles. The molecule has 0 aliphatic carbocycles. The molecule has 0 spiro atoms. The van der Waals surface area contributed by atoms with Gasteiger partial charge in [0.15, 0.2) is 0 Å². The number of hydrogen-bond donors (Lipinski definition) is 4. The predicted octanol–water partition coefficient (Wildman–Crippen LogP) is 3.14. The number of hydrogen-bond acceptors (Lipinski definition) is 7. The first kappa shape index (κ1) is 28.9. The lowest BCUT2D eigenvalue weighted by Crippen LogP contribution is -2.43. The average Bonchev–Trinajstić information content (AvgIpc) is 3.36. The maximum atomic E-state index is 12.7. The number of carbonyl (C=O) groups is 2. The molecule has 11 nitrogen and oxygen atoms in total. The molecule has 2 aromatic carbocycles. The van der Waals surface area contributed by atoms with Crippen molar-refractivity contribution in [2.24, 2.45) is 7.05 Å². The van der Waals surface area contributed by atoms with E-state index in [1.807, 2.05) is 41.9 Å². The number of nitrogens with two attached hydrogens (primary N) is 1. The Kier molecular flexibility index (Phi) is 8.27. The lowest BCUT2D eigenvalue weighted by molar-refractivity contribution is 0.0945. The number of aromatic nitrogens is 3. The van der Waals surface area contributed by atoms with E-state index in [0.717, 1.165) is 56.2 Å². The number of nitrogens with one attached hydrogen (secondary N) is 3. The fourth-order valence-electron chi connectivity index (χ4n) is 5.51. The van der Waals surface area contributed by atoms with Crippen LogP contribution in [-0.2, 0) is 20.0 Å². The summed E-state index contributed by atoms with van der Waals surface area (Å²) in [5, 5.41) is 8.66. The summed E-state index contributed by atoms with van der Waals surface area (Å²) in [6.07, 6.45) is 2.32. The van der Waals surface area contributed by atoms with Crippen molar-refractivity contribution in [1.29, 1.82) is 0 Å². The minimum atomic E-state index is -0.340. The Morgan fingerprint density at radius 3 is 2.55 bits per heavy atom. The third kappa shape index (κ3) is 6.57. The van der Waals surface area contributed by atoms with Crippen molar-refractivity contribution >= 4 is 29.3 Å². The van der Waals surface area contributed by atoms with Gasteiger partial charge in [-0.25, -0.2) is 14.8 Å². The minimum absolute atomic E-state index is 0.102. The minimum Gasteiger partial charge on any atom is -0.368 e. The van der Waals surface area contributed by atoms with E-state index >= 15 is 0 Å². The van der Waals surface area contributed by atoms with E-state index in [1.54, 1.807) is 18.3 Å². The second kappa shape index (κ2) is 12.6. The molecule has 224 valence electrons. The second-order valence-corrected chi connectivity index (χ2v) is 11.1. The first-order valence-electron chi connectivity index (χ1n) is 14.6. The van der Waals surface area contributed by atoms with Crippen LogP contribution in [0.1, 0.15) is 32.7 Å². The Bertz CT molecular complexity index is 1760. The second-order valence-electron chi connectivity index (χ2n) is 11.1. The van der Waals surface area contributed by atoms with E-state index < -0.39 is 0 Å². The molecule has 0 radical (unpaired) electrons. The molecular formula is C33H35N9O2. The van der Waals surface area contributed by atoms with Crippen LogP contribution in [0, 0.1) is 11.8 Å². The Morgan fingerprint density at radius 1 is 1.00 bits per heavy atom. The molecule has 2 aliphatic rings. The van der Waals surface area contributed by atoms with Crippen LogP contribution in [0.4, 0.5) is 22.1 Å². The zero-order valence-corrected chi connectivity index (χ0v) is 24.9. The van der Waals surface area contributed by atoms with E-state index in [2.05, 4.69) is 66.7 Å². The van der Waals surface area contributed by atoms with Crippen LogP contribution in [0.25, 0.3) is 11.4 Å². The molecule has 1 saturated heterocycles. The lowest BCUT2D eigenvalue weighted by atomic mass is 10.1. The Balaban J connectivity index is 1.12. The number of benzene rings is 2. The first-order valence-corrected chi connectivity index (χ1v) is 14.6. The SMILES string of the molecule is CN1CCN(Cc2ccc(NC(=O)Nc3cccc(C#Cc4cnc(N)nc4-c4cc5c(n4C)CCNC5=O)c3)cc2)CC1. The summed E-state index contributed by atoms with van der Waals surface area (Å²) in [5.41, 5.74) is 12.6. The predicted molar refractivity (Wildman–Crippen MR) is 171 cm³/mol. The van der Waals surface area contributed by atoms with Crippen molar-refractivity contribution in [1.82, 2.24) is 29.7 Å². The van der Waals surface area contributed by atoms with Crippen LogP contribution in [0.5, 0.6) is 0 Å². The van der Waals surface area contributed by atoms with Gasteiger partial charge in [-0.3, -0.25) is 9.69 Å². The summed E-state index contributed by atoms with van der Waals surface area (Å²) in [4.78, 5) is 38.5. The number of urea groups is 1. The van der Waals surface area contributed by atoms with E-state index in [-0.39, 0.29) is 17.9 Å². The number of nitrogen functional groups attached to an aromatic ring is 1. The van der Waals surface area contributed by atoms with Crippen molar-refractivity contribution in [2.75, 3.05) is 56.1 Å². The number of amides is 3. The third-order valence-electron chi connectivity index (χ3n) is 7.98. The molecule has 44 heavy (non-hydrogen) atoms. The molecule has 0 unspecified atom stereocenters. The summed E-state index contributed by atoms with van der Waals surface area (Å²) in [6.45, 7) is 5.79. The highest BCUT2D eigenvalue weighted by Crippen LogP contribution is 2.28. The molecule has 0 atom stereocenters. The summed E-state index contributed by atoms with van der Waals surface area (Å²) in [6, 6.07) is 16.7. The van der Waals surface area contributed by atoms with E-state index in [1.165, 1.54) is 5.56 Å². The molecule has 11 heteroatoms. The molecule has 4 heterocycles. The Morgan fingerprint density at radius 2 is 1.77 bits per heavy atom. The molecule has 0 saturated carbocycles. The van der Waals surface area contributed by atoms with Crippen molar-refractivity contribution in [2.45, 2.75) is 13.0 Å². The molecule has 3 amide bonds. The zero-order valence-electron chi connectivity index (χ0n) is 24.9. The van der Waals surface area contributed by atoms with Crippen LogP contribution in [0.3, 0.4) is 0 Å². The van der Waals surface area contributed by atoms with Crippen LogP contribution in [0.2, 0.25) is 0 Å². The van der Waals surface area contributed by atoms with Crippen molar-refractivity contribution in [3.63, 3.8) is 0 Å². The van der Waals surface area contributed by atoms with Gasteiger partial charge in [-0.1, -0.05) is 30.0 Å². The first-order chi connectivity index (χ1) is 21.3. The summed E-state index contributed by atoms with van der Waals surface area (Å²) in [5.74, 6) is 6.32. The average molecular weight is 590 g/mol. The van der Waals surface area contributed by atoms with Gasteiger partial charge in [0, 0.05) is 81.6 Å². The number of carbonyl (C=O) groups excluding carboxylic acids is 2. The number of anilines is 3. The van der Waals surface area contributed by atoms with Crippen LogP contribution >= 0.6 is 0 Å². The number of nitrogens with zero attached hydrogens (tertiary/aromatic N) is 5. The molecule has 4 aromatic rings. The smallest absolute Gasteiger partial charge is 0.323 e. The Hall–Kier alpha value is -5.18. The number of fused-ring (bicyclic) bond motifs is 1. The van der Waals surface area contributed by atoms with Crippen LogP contribution in [-0.4, -0.2) is 76.0 Å². The molecule has 6 rings (SSSR count). The van der Waals surface area contributed by atoms with Gasteiger partial charge in [0.05, 0.1) is 16.8 Å². The quantitative estimate of drug-likeness (QED) is 0.263. The summed E-state index contributed by atoms with van der Waals surface area (Å²) < 4.78 is 1.96. The van der Waals surface area contributed by atoms with E-state index in [4.69, 9.17) is 5.73 Å². The monoisotopic (exact) mass is 589 g/mol. The fourth-order valence-corrected chi connectivity index (χ4v) is 5.51. The van der Waals surface area contributed by atoms with Crippen molar-refractivity contribution in [3.05, 3.63) is 88.7 Å². The van der Waals surface area contributed by atoms with Gasteiger partial charge < -0.3 is 31.2 Å². The number of rotatable bonds is 5. The molecule has 5 N–H and O–H groups in total. The van der Waals surface area contributed by atoms with Gasteiger partial charge in [0.2, 0.25) is 5.95 Å². The highest BCUT2D eigenvalue weighted by Gasteiger charge is 2.24.